The summed E-state index contributed by atoms with van der Waals surface area (Å²) >= 11 is 0. The lowest BCUT2D eigenvalue weighted by molar-refractivity contribution is 0.133. The third-order valence-electron chi connectivity index (χ3n) is 2.57. The Morgan fingerprint density at radius 2 is 2.08 bits per heavy atom. The van der Waals surface area contributed by atoms with Crippen molar-refractivity contribution < 1.29 is 4.74 Å². The maximum Gasteiger partial charge on any atom is 0.134 e. The highest BCUT2D eigenvalue weighted by molar-refractivity contribution is 5.43. The van der Waals surface area contributed by atoms with Crippen LogP contribution in [0.1, 0.15) is 35.8 Å². The first-order valence-electron chi connectivity index (χ1n) is 4.57. The van der Waals surface area contributed by atoms with Crippen LogP contribution in [-0.4, -0.2) is 9.97 Å². The number of nitrogens with two attached hydrogens (primary N) is 1. The number of rotatable bonds is 1. The molecule has 68 valence electrons. The predicted octanol–water partition coefficient (Wildman–Crippen LogP) is 0.966. The molecular formula is C9H11N3O. The Morgan fingerprint density at radius 1 is 1.23 bits per heavy atom. The highest BCUT2D eigenvalue weighted by Crippen LogP contribution is 2.39. The van der Waals surface area contributed by atoms with Crippen LogP contribution in [0.2, 0.25) is 0 Å². The molecule has 0 atom stereocenters. The standard InChI is InChI=1S/C9H11N3O/c10-8-6-3-13-4-7(6)11-9(12-8)5-1-2-5/h5H,1-4H2,(H2,10,11,12). The lowest BCUT2D eigenvalue weighted by Crippen LogP contribution is -2.04. The Kier molecular flexibility index (Phi) is 1.35. The molecule has 2 N–H and O–H groups in total. The van der Waals surface area contributed by atoms with Gasteiger partial charge in [0, 0.05) is 11.5 Å². The summed E-state index contributed by atoms with van der Waals surface area (Å²) in [6.45, 7) is 1.17. The first-order chi connectivity index (χ1) is 6.34. The van der Waals surface area contributed by atoms with Gasteiger partial charge in [-0.3, -0.25) is 0 Å². The molecule has 1 saturated carbocycles. The van der Waals surface area contributed by atoms with E-state index in [0.29, 0.717) is 24.9 Å². The van der Waals surface area contributed by atoms with Crippen molar-refractivity contribution in [3.8, 4) is 0 Å². The van der Waals surface area contributed by atoms with E-state index in [9.17, 15) is 0 Å². The van der Waals surface area contributed by atoms with E-state index in [2.05, 4.69) is 9.97 Å². The molecule has 0 amide bonds. The molecule has 1 aliphatic carbocycles. The predicted molar refractivity (Wildman–Crippen MR) is 46.9 cm³/mol. The van der Waals surface area contributed by atoms with Gasteiger partial charge in [0.2, 0.25) is 0 Å². The number of anilines is 1. The molecule has 4 nitrogen and oxygen atoms in total. The fourth-order valence-corrected chi connectivity index (χ4v) is 1.62. The van der Waals surface area contributed by atoms with Crippen molar-refractivity contribution in [1.29, 1.82) is 0 Å². The van der Waals surface area contributed by atoms with Crippen molar-refractivity contribution >= 4 is 5.82 Å². The number of nitrogens with zero attached hydrogens (tertiary/aromatic N) is 2. The van der Waals surface area contributed by atoms with Gasteiger partial charge in [-0.2, -0.15) is 0 Å². The van der Waals surface area contributed by atoms with Gasteiger partial charge in [-0.15, -0.1) is 0 Å². The molecule has 2 heterocycles. The van der Waals surface area contributed by atoms with Gasteiger partial charge in [-0.25, -0.2) is 9.97 Å². The molecule has 0 aromatic carbocycles. The van der Waals surface area contributed by atoms with E-state index < -0.39 is 0 Å². The zero-order valence-electron chi connectivity index (χ0n) is 7.29. The number of ether oxygens (including phenoxy) is 1. The minimum atomic E-state index is 0.563. The molecular weight excluding hydrogens is 166 g/mol. The van der Waals surface area contributed by atoms with Crippen molar-refractivity contribution in [2.24, 2.45) is 0 Å². The van der Waals surface area contributed by atoms with Gasteiger partial charge in [-0.1, -0.05) is 0 Å². The van der Waals surface area contributed by atoms with Crippen LogP contribution in [-0.2, 0) is 18.0 Å². The van der Waals surface area contributed by atoms with Crippen LogP contribution in [0.4, 0.5) is 5.82 Å². The normalized spacial score (nSPS) is 20.3. The van der Waals surface area contributed by atoms with Crippen LogP contribution < -0.4 is 5.73 Å². The number of hydrogen-bond donors (Lipinski definition) is 1. The van der Waals surface area contributed by atoms with Gasteiger partial charge in [0.25, 0.3) is 0 Å². The summed E-state index contributed by atoms with van der Waals surface area (Å²) in [4.78, 5) is 8.75. The van der Waals surface area contributed by atoms with Crippen molar-refractivity contribution in [2.75, 3.05) is 5.73 Å². The van der Waals surface area contributed by atoms with E-state index in [1.165, 1.54) is 12.8 Å². The molecule has 3 rings (SSSR count). The molecule has 0 spiro atoms. The summed E-state index contributed by atoms with van der Waals surface area (Å²) in [5, 5.41) is 0. The maximum atomic E-state index is 5.81. The molecule has 1 fully saturated rings. The number of aromatic nitrogens is 2. The first-order valence-corrected chi connectivity index (χ1v) is 4.57. The van der Waals surface area contributed by atoms with Gasteiger partial charge in [-0.05, 0) is 12.8 Å². The Balaban J connectivity index is 2.10. The second-order valence-electron chi connectivity index (χ2n) is 3.66. The fraction of sp³-hybridized carbons (Fsp3) is 0.556. The molecule has 1 aromatic rings. The minimum Gasteiger partial charge on any atom is -0.383 e. The Bertz CT molecular complexity index is 360. The average Bonchev–Trinajstić information content (AvgIpc) is 2.85. The molecule has 0 saturated heterocycles. The van der Waals surface area contributed by atoms with Gasteiger partial charge >= 0.3 is 0 Å². The molecule has 0 bridgehead atoms. The lowest BCUT2D eigenvalue weighted by atomic mass is 10.2. The van der Waals surface area contributed by atoms with Gasteiger partial charge in [0.05, 0.1) is 18.9 Å². The highest BCUT2D eigenvalue weighted by atomic mass is 16.5. The maximum absolute atomic E-state index is 5.81. The third kappa shape index (κ3) is 1.09. The van der Waals surface area contributed by atoms with Crippen molar-refractivity contribution in [3.05, 3.63) is 17.1 Å². The Labute approximate surface area is 76.1 Å². The van der Waals surface area contributed by atoms with Crippen molar-refractivity contribution in [3.63, 3.8) is 0 Å². The molecule has 4 heteroatoms. The second-order valence-corrected chi connectivity index (χ2v) is 3.66. The van der Waals surface area contributed by atoms with E-state index in [-0.39, 0.29) is 0 Å². The summed E-state index contributed by atoms with van der Waals surface area (Å²) < 4.78 is 5.27. The van der Waals surface area contributed by atoms with E-state index in [1.54, 1.807) is 0 Å². The summed E-state index contributed by atoms with van der Waals surface area (Å²) in [7, 11) is 0. The van der Waals surface area contributed by atoms with Crippen LogP contribution in [0.5, 0.6) is 0 Å². The zero-order valence-corrected chi connectivity index (χ0v) is 7.29. The molecule has 1 aliphatic heterocycles. The van der Waals surface area contributed by atoms with E-state index in [4.69, 9.17) is 10.5 Å². The van der Waals surface area contributed by atoms with Crippen LogP contribution in [0.3, 0.4) is 0 Å². The monoisotopic (exact) mass is 177 g/mol. The van der Waals surface area contributed by atoms with Gasteiger partial charge in [0.15, 0.2) is 0 Å². The number of hydrogen-bond acceptors (Lipinski definition) is 4. The smallest absolute Gasteiger partial charge is 0.134 e. The Morgan fingerprint density at radius 3 is 2.85 bits per heavy atom. The topological polar surface area (TPSA) is 61.0 Å². The largest absolute Gasteiger partial charge is 0.383 e. The first kappa shape index (κ1) is 7.26. The summed E-state index contributed by atoms with van der Waals surface area (Å²) in [6.07, 6.45) is 2.41. The lowest BCUT2D eigenvalue weighted by Gasteiger charge is -2.03. The van der Waals surface area contributed by atoms with Crippen molar-refractivity contribution in [1.82, 2.24) is 9.97 Å². The fourth-order valence-electron chi connectivity index (χ4n) is 1.62. The minimum absolute atomic E-state index is 0.563. The zero-order chi connectivity index (χ0) is 8.84. The van der Waals surface area contributed by atoms with E-state index in [0.717, 1.165) is 17.1 Å². The van der Waals surface area contributed by atoms with Crippen LogP contribution in [0.15, 0.2) is 0 Å². The molecule has 0 radical (unpaired) electrons. The van der Waals surface area contributed by atoms with Gasteiger partial charge in [0.1, 0.15) is 11.6 Å². The van der Waals surface area contributed by atoms with Crippen LogP contribution in [0.25, 0.3) is 0 Å². The van der Waals surface area contributed by atoms with E-state index >= 15 is 0 Å². The quantitative estimate of drug-likeness (QED) is 0.694. The SMILES string of the molecule is Nc1nc(C2CC2)nc2c1COC2. The average molecular weight is 177 g/mol. The number of nitrogen functional groups attached to an aromatic ring is 1. The Hall–Kier alpha value is -1.16. The van der Waals surface area contributed by atoms with Crippen molar-refractivity contribution in [2.45, 2.75) is 32.0 Å². The summed E-state index contributed by atoms with van der Waals surface area (Å²) in [5.41, 5.74) is 7.79. The van der Waals surface area contributed by atoms with Gasteiger partial charge < -0.3 is 10.5 Å². The summed E-state index contributed by atoms with van der Waals surface area (Å²) in [5.74, 6) is 2.10. The van der Waals surface area contributed by atoms with Crippen LogP contribution >= 0.6 is 0 Å². The molecule has 2 aliphatic rings. The summed E-state index contributed by atoms with van der Waals surface area (Å²) in [6, 6.07) is 0. The van der Waals surface area contributed by atoms with Crippen LogP contribution in [0, 0.1) is 0 Å². The molecule has 0 unspecified atom stereocenters. The number of fused-ring (bicyclic) bond motifs is 1. The molecule has 1 aromatic heterocycles. The molecule has 13 heavy (non-hydrogen) atoms. The second kappa shape index (κ2) is 2.42. The highest BCUT2D eigenvalue weighted by Gasteiger charge is 2.29. The third-order valence-corrected chi connectivity index (χ3v) is 2.57. The van der Waals surface area contributed by atoms with E-state index in [1.807, 2.05) is 0 Å².